The van der Waals surface area contributed by atoms with E-state index in [9.17, 15) is 4.79 Å². The van der Waals surface area contributed by atoms with Gasteiger partial charge in [0.25, 0.3) is 0 Å². The van der Waals surface area contributed by atoms with Crippen LogP contribution < -0.4 is 0 Å². The van der Waals surface area contributed by atoms with Crippen molar-refractivity contribution < 1.29 is 9.90 Å². The molecule has 0 amide bonds. The molecule has 0 aliphatic carbocycles. The number of halogens is 1. The second kappa shape index (κ2) is 5.23. The third-order valence-electron chi connectivity index (χ3n) is 2.68. The van der Waals surface area contributed by atoms with Crippen LogP contribution in [0.25, 0.3) is 5.69 Å². The van der Waals surface area contributed by atoms with Gasteiger partial charge in [-0.2, -0.15) is 5.10 Å². The maximum Gasteiger partial charge on any atom is 0.303 e. The van der Waals surface area contributed by atoms with Crippen molar-refractivity contribution in [3.63, 3.8) is 0 Å². The Morgan fingerprint density at radius 3 is 2.94 bits per heavy atom. The van der Waals surface area contributed by atoms with Crippen LogP contribution in [0.3, 0.4) is 0 Å². The number of aromatic nitrogens is 2. The van der Waals surface area contributed by atoms with Gasteiger partial charge in [0.1, 0.15) is 0 Å². The lowest BCUT2D eigenvalue weighted by Crippen LogP contribution is -1.97. The second-order valence-electron chi connectivity index (χ2n) is 4.12. The number of carboxylic acids is 1. The molecule has 1 heterocycles. The van der Waals surface area contributed by atoms with Crippen molar-refractivity contribution in [3.8, 4) is 5.69 Å². The largest absolute Gasteiger partial charge is 0.481 e. The maximum atomic E-state index is 10.5. The highest BCUT2D eigenvalue weighted by atomic mass is 35.5. The fraction of sp³-hybridized carbons (Fsp3) is 0.231. The van der Waals surface area contributed by atoms with Gasteiger partial charge in [-0.15, -0.1) is 0 Å². The summed E-state index contributed by atoms with van der Waals surface area (Å²) in [6.45, 7) is 1.94. The lowest BCUT2D eigenvalue weighted by Gasteiger charge is -2.03. The van der Waals surface area contributed by atoms with Crippen LogP contribution in [-0.4, -0.2) is 20.9 Å². The molecule has 18 heavy (non-hydrogen) atoms. The Bertz CT molecular complexity index is 578. The van der Waals surface area contributed by atoms with Gasteiger partial charge in [-0.25, -0.2) is 4.68 Å². The van der Waals surface area contributed by atoms with Crippen molar-refractivity contribution in [2.24, 2.45) is 0 Å². The summed E-state index contributed by atoms with van der Waals surface area (Å²) in [6.07, 6.45) is 4.09. The smallest absolute Gasteiger partial charge is 0.303 e. The standard InChI is InChI=1S/C13H13ClN2O2/c1-9-2-4-11(6-12(9)14)16-8-10(7-15-16)3-5-13(17)18/h2,4,6-8H,3,5H2,1H3,(H,17,18). The lowest BCUT2D eigenvalue weighted by atomic mass is 10.2. The Kier molecular flexibility index (Phi) is 3.67. The summed E-state index contributed by atoms with van der Waals surface area (Å²) in [5.74, 6) is -0.805. The SMILES string of the molecule is Cc1ccc(-n2cc(CCC(=O)O)cn2)cc1Cl. The van der Waals surface area contributed by atoms with Gasteiger partial charge in [-0.05, 0) is 36.6 Å². The van der Waals surface area contributed by atoms with Gasteiger partial charge in [0.15, 0.2) is 0 Å². The zero-order valence-corrected chi connectivity index (χ0v) is 10.7. The first-order chi connectivity index (χ1) is 8.56. The summed E-state index contributed by atoms with van der Waals surface area (Å²) in [5.41, 5.74) is 2.78. The quantitative estimate of drug-likeness (QED) is 0.924. The number of rotatable bonds is 4. The van der Waals surface area contributed by atoms with Gasteiger partial charge >= 0.3 is 5.97 Å². The molecule has 0 radical (unpaired) electrons. The van der Waals surface area contributed by atoms with E-state index in [-0.39, 0.29) is 6.42 Å². The van der Waals surface area contributed by atoms with Crippen molar-refractivity contribution in [2.75, 3.05) is 0 Å². The highest BCUT2D eigenvalue weighted by Crippen LogP contribution is 2.19. The molecule has 0 unspecified atom stereocenters. The fourth-order valence-corrected chi connectivity index (χ4v) is 1.78. The van der Waals surface area contributed by atoms with Crippen LogP contribution in [0.1, 0.15) is 17.5 Å². The summed E-state index contributed by atoms with van der Waals surface area (Å²) in [7, 11) is 0. The molecule has 2 aromatic rings. The Labute approximate surface area is 110 Å². The molecule has 0 fully saturated rings. The molecule has 0 saturated heterocycles. The monoisotopic (exact) mass is 264 g/mol. The van der Waals surface area contributed by atoms with E-state index < -0.39 is 5.97 Å². The minimum Gasteiger partial charge on any atom is -0.481 e. The molecule has 94 valence electrons. The average molecular weight is 265 g/mol. The van der Waals surface area contributed by atoms with Crippen molar-refractivity contribution in [2.45, 2.75) is 19.8 Å². The molecule has 0 aliphatic rings. The van der Waals surface area contributed by atoms with Crippen LogP contribution in [-0.2, 0) is 11.2 Å². The summed E-state index contributed by atoms with van der Waals surface area (Å²) in [6, 6.07) is 5.69. The molecule has 0 spiro atoms. The second-order valence-corrected chi connectivity index (χ2v) is 4.53. The summed E-state index contributed by atoms with van der Waals surface area (Å²) < 4.78 is 1.70. The number of aliphatic carboxylic acids is 1. The van der Waals surface area contributed by atoms with Crippen LogP contribution in [0.15, 0.2) is 30.6 Å². The molecule has 1 N–H and O–H groups in total. The van der Waals surface area contributed by atoms with Crippen LogP contribution >= 0.6 is 11.6 Å². The van der Waals surface area contributed by atoms with Gasteiger partial charge in [0, 0.05) is 17.6 Å². The Morgan fingerprint density at radius 2 is 2.28 bits per heavy atom. The number of nitrogens with zero attached hydrogens (tertiary/aromatic N) is 2. The third kappa shape index (κ3) is 2.90. The van der Waals surface area contributed by atoms with Gasteiger partial charge < -0.3 is 5.11 Å². The van der Waals surface area contributed by atoms with Crippen LogP contribution in [0, 0.1) is 6.92 Å². The Morgan fingerprint density at radius 1 is 1.50 bits per heavy atom. The molecule has 4 nitrogen and oxygen atoms in total. The number of carbonyl (C=O) groups is 1. The predicted molar refractivity (Wildman–Crippen MR) is 69.3 cm³/mol. The van der Waals surface area contributed by atoms with E-state index in [1.54, 1.807) is 10.9 Å². The molecular formula is C13H13ClN2O2. The Balaban J connectivity index is 2.18. The van der Waals surface area contributed by atoms with Gasteiger partial charge in [-0.3, -0.25) is 4.79 Å². The number of hydrogen-bond donors (Lipinski definition) is 1. The highest BCUT2D eigenvalue weighted by molar-refractivity contribution is 6.31. The zero-order valence-electron chi connectivity index (χ0n) is 9.93. The average Bonchev–Trinajstić information content (AvgIpc) is 2.79. The van der Waals surface area contributed by atoms with Gasteiger partial charge in [-0.1, -0.05) is 17.7 Å². The molecule has 5 heteroatoms. The summed E-state index contributed by atoms with van der Waals surface area (Å²) in [5, 5.41) is 13.5. The first-order valence-corrected chi connectivity index (χ1v) is 5.96. The molecular weight excluding hydrogens is 252 g/mol. The van der Waals surface area contributed by atoms with Crippen LogP contribution in [0.2, 0.25) is 5.02 Å². The maximum absolute atomic E-state index is 10.5. The molecule has 0 saturated carbocycles. The molecule has 0 bridgehead atoms. The van der Waals surface area contributed by atoms with Crippen molar-refractivity contribution >= 4 is 17.6 Å². The van der Waals surface area contributed by atoms with E-state index in [1.165, 1.54) is 0 Å². The molecule has 1 aromatic heterocycles. The number of benzene rings is 1. The topological polar surface area (TPSA) is 55.1 Å². The summed E-state index contributed by atoms with van der Waals surface area (Å²) in [4.78, 5) is 10.5. The highest BCUT2D eigenvalue weighted by Gasteiger charge is 2.05. The molecule has 0 aliphatic heterocycles. The van der Waals surface area contributed by atoms with E-state index in [1.807, 2.05) is 31.3 Å². The normalized spacial score (nSPS) is 10.6. The first-order valence-electron chi connectivity index (χ1n) is 5.58. The van der Waals surface area contributed by atoms with Crippen molar-refractivity contribution in [3.05, 3.63) is 46.7 Å². The molecule has 1 aromatic carbocycles. The Hall–Kier alpha value is -1.81. The predicted octanol–water partition coefficient (Wildman–Crippen LogP) is 2.85. The van der Waals surface area contributed by atoms with Crippen LogP contribution in [0.5, 0.6) is 0 Å². The van der Waals surface area contributed by atoms with Crippen molar-refractivity contribution in [1.29, 1.82) is 0 Å². The van der Waals surface area contributed by atoms with E-state index in [4.69, 9.17) is 16.7 Å². The minimum absolute atomic E-state index is 0.111. The van der Waals surface area contributed by atoms with Crippen molar-refractivity contribution in [1.82, 2.24) is 9.78 Å². The lowest BCUT2D eigenvalue weighted by molar-refractivity contribution is -0.136. The number of hydrogen-bond acceptors (Lipinski definition) is 2. The molecule has 0 atom stereocenters. The minimum atomic E-state index is -0.805. The van der Waals surface area contributed by atoms with Crippen LogP contribution in [0.4, 0.5) is 0 Å². The van der Waals surface area contributed by atoms with E-state index >= 15 is 0 Å². The third-order valence-corrected chi connectivity index (χ3v) is 3.09. The van der Waals surface area contributed by atoms with E-state index in [0.29, 0.717) is 11.4 Å². The number of aryl methyl sites for hydroxylation is 2. The van der Waals surface area contributed by atoms with E-state index in [0.717, 1.165) is 16.8 Å². The fourth-order valence-electron chi connectivity index (χ4n) is 1.61. The molecule has 2 rings (SSSR count). The number of carboxylic acid groups (broad SMARTS) is 1. The van der Waals surface area contributed by atoms with Gasteiger partial charge in [0.2, 0.25) is 0 Å². The first kappa shape index (κ1) is 12.6. The summed E-state index contributed by atoms with van der Waals surface area (Å²) >= 11 is 6.05. The van der Waals surface area contributed by atoms with Gasteiger partial charge in [0.05, 0.1) is 11.9 Å². The zero-order chi connectivity index (χ0) is 13.1. The van der Waals surface area contributed by atoms with E-state index in [2.05, 4.69) is 5.10 Å².